The molecular weight excluding hydrogens is 365 g/mol. The average Bonchev–Trinajstić information content (AvgIpc) is 3.04. The van der Waals surface area contributed by atoms with Crippen LogP contribution in [0.25, 0.3) is 11.1 Å². The summed E-state index contributed by atoms with van der Waals surface area (Å²) >= 11 is 0. The fraction of sp³-hybridized carbons (Fsp3) is 0.526. The van der Waals surface area contributed by atoms with Crippen molar-refractivity contribution in [1.29, 1.82) is 0 Å². The summed E-state index contributed by atoms with van der Waals surface area (Å²) in [7, 11) is 3.37. The molecule has 1 spiro atoms. The lowest BCUT2D eigenvalue weighted by Gasteiger charge is -2.42. The molecule has 3 N–H and O–H groups in total. The van der Waals surface area contributed by atoms with Gasteiger partial charge in [-0.15, -0.1) is 0 Å². The number of halogens is 1. The summed E-state index contributed by atoms with van der Waals surface area (Å²) in [6.45, 7) is 0.400. The highest BCUT2D eigenvalue weighted by atomic mass is 19.1. The van der Waals surface area contributed by atoms with Gasteiger partial charge < -0.3 is 20.0 Å². The highest BCUT2D eigenvalue weighted by molar-refractivity contribution is 5.98. The van der Waals surface area contributed by atoms with E-state index in [0.717, 1.165) is 32.1 Å². The number of nitrogens with one attached hydrogen (secondary N) is 3. The number of fused-ring (bicyclic) bond motifs is 4. The molecule has 1 fully saturated rings. The van der Waals surface area contributed by atoms with Gasteiger partial charge in [0.15, 0.2) is 5.58 Å². The van der Waals surface area contributed by atoms with Gasteiger partial charge in [0, 0.05) is 25.7 Å². The first kappa shape index (κ1) is 18.7. The molecule has 2 heterocycles. The Morgan fingerprint density at radius 2 is 2.11 bits per heavy atom. The van der Waals surface area contributed by atoms with E-state index in [2.05, 4.69) is 20.9 Å². The number of rotatable bonds is 4. The second kappa shape index (κ2) is 7.05. The molecule has 2 aromatic rings. The van der Waals surface area contributed by atoms with Crippen molar-refractivity contribution in [3.8, 4) is 0 Å². The summed E-state index contributed by atoms with van der Waals surface area (Å²) in [6, 6.07) is 0.894. The van der Waals surface area contributed by atoms with Gasteiger partial charge >= 0.3 is 6.03 Å². The lowest BCUT2D eigenvalue weighted by molar-refractivity contribution is -0.127. The monoisotopic (exact) mass is 389 g/mol. The molecule has 1 aromatic carbocycles. The van der Waals surface area contributed by atoms with Gasteiger partial charge in [0.05, 0.1) is 24.3 Å². The molecule has 8 nitrogen and oxygen atoms in total. The Bertz CT molecular complexity index is 933. The highest BCUT2D eigenvalue weighted by Gasteiger charge is 2.44. The summed E-state index contributed by atoms with van der Waals surface area (Å²) < 4.78 is 20.7. The third kappa shape index (κ3) is 3.19. The van der Waals surface area contributed by atoms with Crippen LogP contribution in [0.1, 0.15) is 43.6 Å². The zero-order valence-corrected chi connectivity index (χ0v) is 16.0. The number of benzene rings is 1. The zero-order chi connectivity index (χ0) is 19.9. The molecule has 1 aliphatic carbocycles. The SMILES string of the molecule is CN(C)C(=O)CNCc1nc2cc(F)c3c(c2o1)C1(CCCCC1)NC(=O)N3. The van der Waals surface area contributed by atoms with Gasteiger partial charge in [-0.3, -0.25) is 10.1 Å². The number of carbonyl (C=O) groups is 2. The second-order valence-corrected chi connectivity index (χ2v) is 7.68. The number of urea groups is 1. The van der Waals surface area contributed by atoms with Gasteiger partial charge in [-0.05, 0) is 12.8 Å². The van der Waals surface area contributed by atoms with Gasteiger partial charge in [0.1, 0.15) is 11.3 Å². The molecule has 0 saturated heterocycles. The molecule has 2 aliphatic rings. The maximum atomic E-state index is 14.8. The van der Waals surface area contributed by atoms with Crippen LogP contribution in [0.2, 0.25) is 0 Å². The number of hydrogen-bond acceptors (Lipinski definition) is 5. The van der Waals surface area contributed by atoms with Gasteiger partial charge in [0.25, 0.3) is 0 Å². The molecule has 0 atom stereocenters. The topological polar surface area (TPSA) is 99.5 Å². The van der Waals surface area contributed by atoms with Crippen LogP contribution < -0.4 is 16.0 Å². The summed E-state index contributed by atoms with van der Waals surface area (Å²) in [5, 5.41) is 8.60. The maximum Gasteiger partial charge on any atom is 0.320 e. The molecule has 1 saturated carbocycles. The number of aromatic nitrogens is 1. The van der Waals surface area contributed by atoms with Gasteiger partial charge in [-0.1, -0.05) is 19.3 Å². The Kier molecular flexibility index (Phi) is 4.70. The predicted octanol–water partition coefficient (Wildman–Crippen LogP) is 2.44. The van der Waals surface area contributed by atoms with Crippen molar-refractivity contribution in [2.75, 3.05) is 26.0 Å². The second-order valence-electron chi connectivity index (χ2n) is 7.68. The van der Waals surface area contributed by atoms with E-state index in [0.29, 0.717) is 22.6 Å². The van der Waals surface area contributed by atoms with Crippen molar-refractivity contribution in [3.63, 3.8) is 0 Å². The van der Waals surface area contributed by atoms with Crippen molar-refractivity contribution in [1.82, 2.24) is 20.5 Å². The molecule has 0 unspecified atom stereocenters. The molecule has 1 aromatic heterocycles. The van der Waals surface area contributed by atoms with E-state index in [1.54, 1.807) is 14.1 Å². The molecule has 28 heavy (non-hydrogen) atoms. The third-order valence-corrected chi connectivity index (χ3v) is 5.51. The van der Waals surface area contributed by atoms with Crippen LogP contribution in [-0.2, 0) is 16.9 Å². The van der Waals surface area contributed by atoms with Crippen LogP contribution in [-0.4, -0.2) is 42.5 Å². The number of carbonyl (C=O) groups excluding carboxylic acids is 2. The minimum absolute atomic E-state index is 0.0624. The first-order chi connectivity index (χ1) is 13.4. The largest absolute Gasteiger partial charge is 0.439 e. The number of oxazole rings is 1. The van der Waals surface area contributed by atoms with Crippen molar-refractivity contribution in [2.45, 2.75) is 44.2 Å². The third-order valence-electron chi connectivity index (χ3n) is 5.51. The van der Waals surface area contributed by atoms with Gasteiger partial charge in [-0.25, -0.2) is 14.2 Å². The molecule has 4 rings (SSSR count). The first-order valence-electron chi connectivity index (χ1n) is 9.52. The summed E-state index contributed by atoms with van der Waals surface area (Å²) in [4.78, 5) is 29.7. The van der Waals surface area contributed by atoms with Crippen LogP contribution in [0.5, 0.6) is 0 Å². The smallest absolute Gasteiger partial charge is 0.320 e. The lowest BCUT2D eigenvalue weighted by Crippen LogP contribution is -2.53. The minimum Gasteiger partial charge on any atom is -0.439 e. The van der Waals surface area contributed by atoms with Crippen molar-refractivity contribution in [3.05, 3.63) is 23.3 Å². The Morgan fingerprint density at radius 1 is 1.36 bits per heavy atom. The number of hydrogen-bond donors (Lipinski definition) is 3. The zero-order valence-electron chi connectivity index (χ0n) is 16.0. The van der Waals surface area contributed by atoms with Gasteiger partial charge in [-0.2, -0.15) is 0 Å². The van der Waals surface area contributed by atoms with E-state index in [9.17, 15) is 14.0 Å². The molecule has 0 radical (unpaired) electrons. The average molecular weight is 389 g/mol. The Labute approximate surface area is 161 Å². The molecule has 150 valence electrons. The van der Waals surface area contributed by atoms with Crippen LogP contribution in [0.3, 0.4) is 0 Å². The van der Waals surface area contributed by atoms with E-state index in [1.165, 1.54) is 11.0 Å². The van der Waals surface area contributed by atoms with E-state index in [1.807, 2.05) is 0 Å². The molecule has 1 aliphatic heterocycles. The van der Waals surface area contributed by atoms with Crippen LogP contribution in [0.15, 0.2) is 10.5 Å². The molecule has 3 amide bonds. The number of amides is 3. The predicted molar refractivity (Wildman–Crippen MR) is 101 cm³/mol. The number of likely N-dealkylation sites (N-methyl/N-ethyl adjacent to an activating group) is 1. The van der Waals surface area contributed by atoms with Gasteiger partial charge in [0.2, 0.25) is 11.8 Å². The Morgan fingerprint density at radius 3 is 2.82 bits per heavy atom. The van der Waals surface area contributed by atoms with Crippen molar-refractivity contribution >= 4 is 28.7 Å². The Balaban J connectivity index is 1.71. The molecule has 0 bridgehead atoms. The van der Waals surface area contributed by atoms with Crippen molar-refractivity contribution < 1.29 is 18.4 Å². The van der Waals surface area contributed by atoms with Crippen LogP contribution in [0, 0.1) is 5.82 Å². The summed E-state index contributed by atoms with van der Waals surface area (Å²) in [5.41, 5.74) is 1.08. The summed E-state index contributed by atoms with van der Waals surface area (Å²) in [6.07, 6.45) is 4.46. The van der Waals surface area contributed by atoms with E-state index < -0.39 is 17.4 Å². The molecular formula is C19H24FN5O3. The van der Waals surface area contributed by atoms with Crippen LogP contribution in [0.4, 0.5) is 14.9 Å². The van der Waals surface area contributed by atoms with E-state index >= 15 is 0 Å². The molecule has 9 heteroatoms. The number of anilines is 1. The summed E-state index contributed by atoms with van der Waals surface area (Å²) in [5.74, 6) is -0.206. The van der Waals surface area contributed by atoms with Crippen molar-refractivity contribution in [2.24, 2.45) is 0 Å². The Hall–Kier alpha value is -2.68. The number of nitrogens with zero attached hydrogens (tertiary/aromatic N) is 2. The van der Waals surface area contributed by atoms with Crippen LogP contribution >= 0.6 is 0 Å². The normalized spacial score (nSPS) is 17.9. The highest BCUT2D eigenvalue weighted by Crippen LogP contribution is 2.46. The standard InChI is InChI=1S/C19H24FN5O3/c1-25(2)14(26)10-21-9-13-22-12-8-11(20)16-15(17(12)28-13)19(24-18(27)23-16)6-4-3-5-7-19/h8,21H,3-7,9-10H2,1-2H3,(H2,23,24,27). The lowest BCUT2D eigenvalue weighted by atomic mass is 9.74. The first-order valence-corrected chi connectivity index (χ1v) is 9.52. The van der Waals surface area contributed by atoms with E-state index in [-0.39, 0.29) is 24.7 Å². The minimum atomic E-state index is -0.638. The fourth-order valence-corrected chi connectivity index (χ4v) is 4.12. The van der Waals surface area contributed by atoms with E-state index in [4.69, 9.17) is 4.42 Å². The maximum absolute atomic E-state index is 14.8. The fourth-order valence-electron chi connectivity index (χ4n) is 4.12. The quantitative estimate of drug-likeness (QED) is 0.746.